The van der Waals surface area contributed by atoms with E-state index >= 15 is 0 Å². The van der Waals surface area contributed by atoms with Crippen LogP contribution in [0.1, 0.15) is 15.9 Å². The Kier molecular flexibility index (Phi) is 5.29. The zero-order valence-corrected chi connectivity index (χ0v) is 16.3. The summed E-state index contributed by atoms with van der Waals surface area (Å²) in [5.41, 5.74) is 1.55. The van der Waals surface area contributed by atoms with Gasteiger partial charge in [-0.25, -0.2) is 4.85 Å². The molecule has 0 bridgehead atoms. The van der Waals surface area contributed by atoms with Crippen LogP contribution in [0.2, 0.25) is 0 Å². The maximum Gasteiger partial charge on any atom is 0.586 e. The molecule has 2 amide bonds. The fourth-order valence-electron chi connectivity index (χ4n) is 3.33. The van der Waals surface area contributed by atoms with Crippen LogP contribution in [0.25, 0.3) is 10.9 Å². The van der Waals surface area contributed by atoms with E-state index < -0.39 is 6.29 Å². The van der Waals surface area contributed by atoms with E-state index in [1.807, 2.05) is 0 Å². The predicted molar refractivity (Wildman–Crippen MR) is 107 cm³/mol. The molecular weight excluding hydrogens is 408 g/mol. The Morgan fingerprint density at radius 2 is 1.61 bits per heavy atom. The van der Waals surface area contributed by atoms with Gasteiger partial charge < -0.3 is 19.3 Å². The number of fused-ring (bicyclic) bond motifs is 1. The van der Waals surface area contributed by atoms with Gasteiger partial charge in [0, 0.05) is 37.8 Å². The number of carbonyl (C=O) groups is 2. The largest absolute Gasteiger partial charge is 0.586 e. The van der Waals surface area contributed by atoms with Crippen molar-refractivity contribution < 1.29 is 27.8 Å². The Morgan fingerprint density at radius 3 is 2.29 bits per heavy atom. The third kappa shape index (κ3) is 4.48. The van der Waals surface area contributed by atoms with Crippen molar-refractivity contribution in [3.63, 3.8) is 0 Å². The molecule has 0 N–H and O–H groups in total. The third-order valence-corrected chi connectivity index (χ3v) is 4.97. The van der Waals surface area contributed by atoms with Gasteiger partial charge in [0.2, 0.25) is 5.91 Å². The van der Waals surface area contributed by atoms with Crippen molar-refractivity contribution in [3.05, 3.63) is 71.1 Å². The molecule has 9 heteroatoms. The molecule has 2 aromatic carbocycles. The van der Waals surface area contributed by atoms with Crippen LogP contribution in [-0.4, -0.2) is 54.1 Å². The highest BCUT2D eigenvalue weighted by molar-refractivity contribution is 5.95. The Morgan fingerprint density at radius 1 is 0.968 bits per heavy atom. The lowest BCUT2D eigenvalue weighted by Gasteiger charge is -2.34. The second-order valence-electron chi connectivity index (χ2n) is 6.98. The molecule has 2 aliphatic heterocycles. The minimum absolute atomic E-state index is 0.118. The molecule has 0 spiro atoms. The topological polar surface area (TPSA) is 63.4 Å². The van der Waals surface area contributed by atoms with E-state index in [0.29, 0.717) is 31.9 Å². The quantitative estimate of drug-likeness (QED) is 0.557. The molecule has 0 radical (unpaired) electrons. The van der Waals surface area contributed by atoms with Crippen molar-refractivity contribution >= 4 is 23.6 Å². The summed E-state index contributed by atoms with van der Waals surface area (Å²) < 4.78 is 35.0. The molecule has 0 atom stereocenters. The van der Waals surface area contributed by atoms with Gasteiger partial charge >= 0.3 is 6.29 Å². The molecule has 31 heavy (non-hydrogen) atoms. The highest BCUT2D eigenvalue weighted by atomic mass is 19.3. The number of amides is 2. The van der Waals surface area contributed by atoms with Crippen LogP contribution in [0.5, 0.6) is 11.5 Å². The van der Waals surface area contributed by atoms with Crippen LogP contribution in [0, 0.1) is 6.57 Å². The first-order valence-electron chi connectivity index (χ1n) is 9.48. The van der Waals surface area contributed by atoms with E-state index in [4.69, 9.17) is 6.57 Å². The fourth-order valence-corrected chi connectivity index (χ4v) is 3.33. The number of halogens is 2. The third-order valence-electron chi connectivity index (χ3n) is 4.97. The van der Waals surface area contributed by atoms with Gasteiger partial charge in [0.05, 0.1) is 6.57 Å². The van der Waals surface area contributed by atoms with Crippen LogP contribution in [0.4, 0.5) is 14.5 Å². The van der Waals surface area contributed by atoms with Gasteiger partial charge in [-0.2, -0.15) is 0 Å². The number of piperazine rings is 1. The Bertz CT molecular complexity index is 1080. The molecular formula is C22H17F2N3O4. The minimum atomic E-state index is -3.73. The molecule has 4 rings (SSSR count). The SMILES string of the molecule is [C-]#[N+]c1ccc(/C=C/C(=O)N2CCN(C(=O)c3ccc4c(c3)OC(F)(F)O4)CC2)cc1. The van der Waals surface area contributed by atoms with Crippen LogP contribution in [0.3, 0.4) is 0 Å². The van der Waals surface area contributed by atoms with Crippen LogP contribution in [0.15, 0.2) is 48.5 Å². The first-order valence-corrected chi connectivity index (χ1v) is 9.48. The first kappa shape index (κ1) is 20.3. The van der Waals surface area contributed by atoms with Crippen molar-refractivity contribution in [1.29, 1.82) is 0 Å². The lowest BCUT2D eigenvalue weighted by molar-refractivity contribution is -0.286. The van der Waals surface area contributed by atoms with Crippen LogP contribution >= 0.6 is 0 Å². The molecule has 1 saturated heterocycles. The maximum absolute atomic E-state index is 13.2. The van der Waals surface area contributed by atoms with Gasteiger partial charge in [0.1, 0.15) is 0 Å². The zero-order chi connectivity index (χ0) is 22.0. The van der Waals surface area contributed by atoms with E-state index in [9.17, 15) is 18.4 Å². The molecule has 0 saturated carbocycles. The van der Waals surface area contributed by atoms with Gasteiger partial charge in [0.15, 0.2) is 17.2 Å². The summed E-state index contributed by atoms with van der Waals surface area (Å²) in [4.78, 5) is 31.6. The van der Waals surface area contributed by atoms with Gasteiger partial charge in [-0.15, -0.1) is 8.78 Å². The van der Waals surface area contributed by atoms with E-state index in [2.05, 4.69) is 14.3 Å². The van der Waals surface area contributed by atoms with E-state index in [1.165, 1.54) is 24.3 Å². The van der Waals surface area contributed by atoms with Gasteiger partial charge in [-0.1, -0.05) is 24.3 Å². The van der Waals surface area contributed by atoms with Crippen molar-refractivity contribution in [2.45, 2.75) is 6.29 Å². The van der Waals surface area contributed by atoms with E-state index in [1.54, 1.807) is 40.1 Å². The van der Waals surface area contributed by atoms with Gasteiger partial charge in [-0.05, 0) is 29.8 Å². The second-order valence-corrected chi connectivity index (χ2v) is 6.98. The number of benzene rings is 2. The van der Waals surface area contributed by atoms with Gasteiger partial charge in [-0.3, -0.25) is 9.59 Å². The molecule has 2 aromatic rings. The molecule has 0 aliphatic carbocycles. The predicted octanol–water partition coefficient (Wildman–Crippen LogP) is 3.56. The standard InChI is InChI=1S/C22H17F2N3O4/c1-25-17-6-2-15(3-7-17)4-9-20(28)26-10-12-27(13-11-26)21(29)16-5-8-18-19(14-16)31-22(23,24)30-18/h2-9,14H,10-13H2/b9-4+. The van der Waals surface area contributed by atoms with Gasteiger partial charge in [0.25, 0.3) is 5.91 Å². The summed E-state index contributed by atoms with van der Waals surface area (Å²) in [5.74, 6) is -0.803. The molecule has 1 fully saturated rings. The summed E-state index contributed by atoms with van der Waals surface area (Å²) in [7, 11) is 0. The normalized spacial score (nSPS) is 16.9. The first-order chi connectivity index (χ1) is 14.8. The Labute approximate surface area is 176 Å². The summed E-state index contributed by atoms with van der Waals surface area (Å²) in [6.07, 6.45) is -0.596. The van der Waals surface area contributed by atoms with E-state index in [-0.39, 0.29) is 28.9 Å². The smallest absolute Gasteiger partial charge is 0.395 e. The maximum atomic E-state index is 13.2. The zero-order valence-electron chi connectivity index (χ0n) is 16.3. The van der Waals surface area contributed by atoms with Crippen molar-refractivity contribution in [2.24, 2.45) is 0 Å². The number of rotatable bonds is 3. The monoisotopic (exact) mass is 425 g/mol. The summed E-state index contributed by atoms with van der Waals surface area (Å²) in [6, 6.07) is 10.8. The van der Waals surface area contributed by atoms with E-state index in [0.717, 1.165) is 5.56 Å². The number of hydrogen-bond acceptors (Lipinski definition) is 4. The molecule has 2 aliphatic rings. The summed E-state index contributed by atoms with van der Waals surface area (Å²) >= 11 is 0. The Balaban J connectivity index is 1.33. The highest BCUT2D eigenvalue weighted by Gasteiger charge is 2.43. The average Bonchev–Trinajstić information content (AvgIpc) is 3.10. The minimum Gasteiger partial charge on any atom is -0.395 e. The van der Waals surface area contributed by atoms with Crippen LogP contribution in [-0.2, 0) is 4.79 Å². The second kappa shape index (κ2) is 8.07. The summed E-state index contributed by atoms with van der Waals surface area (Å²) in [6.45, 7) is 8.30. The molecule has 0 aromatic heterocycles. The molecule has 158 valence electrons. The molecule has 7 nitrogen and oxygen atoms in total. The van der Waals surface area contributed by atoms with Crippen LogP contribution < -0.4 is 9.47 Å². The number of alkyl halides is 2. The molecule has 2 heterocycles. The van der Waals surface area contributed by atoms with Crippen molar-refractivity contribution in [3.8, 4) is 11.5 Å². The number of ether oxygens (including phenoxy) is 2. The van der Waals surface area contributed by atoms with Crippen molar-refractivity contribution in [1.82, 2.24) is 9.80 Å². The fraction of sp³-hybridized carbons (Fsp3) is 0.227. The Hall–Kier alpha value is -3.93. The number of carbonyl (C=O) groups excluding carboxylic acids is 2. The number of hydrogen-bond donors (Lipinski definition) is 0. The summed E-state index contributed by atoms with van der Waals surface area (Å²) in [5, 5.41) is 0. The average molecular weight is 425 g/mol. The molecule has 0 unspecified atom stereocenters. The number of nitrogens with zero attached hydrogens (tertiary/aromatic N) is 3. The lowest BCUT2D eigenvalue weighted by Crippen LogP contribution is -2.50. The lowest BCUT2D eigenvalue weighted by atomic mass is 10.1. The van der Waals surface area contributed by atoms with Crippen molar-refractivity contribution in [2.75, 3.05) is 26.2 Å². The highest BCUT2D eigenvalue weighted by Crippen LogP contribution is 2.41.